The topological polar surface area (TPSA) is 57.7 Å². The molecule has 22 heavy (non-hydrogen) atoms. The molecule has 1 aromatic carbocycles. The number of nitrogens with zero attached hydrogens (tertiary/aromatic N) is 2. The molecule has 0 bridgehead atoms. The molecule has 0 N–H and O–H groups in total. The fourth-order valence-electron chi connectivity index (χ4n) is 3.31. The van der Waals surface area contributed by atoms with E-state index in [4.69, 9.17) is 0 Å². The molecule has 2 aliphatic rings. The van der Waals surface area contributed by atoms with Crippen LogP contribution in [0.1, 0.15) is 12.5 Å². The second-order valence-electron chi connectivity index (χ2n) is 5.93. The summed E-state index contributed by atoms with van der Waals surface area (Å²) < 4.78 is 38.5. The molecule has 2 fully saturated rings. The Kier molecular flexibility index (Phi) is 3.94. The zero-order valence-corrected chi connectivity index (χ0v) is 13.2. The van der Waals surface area contributed by atoms with E-state index in [2.05, 4.69) is 0 Å². The molecule has 1 aromatic rings. The summed E-state index contributed by atoms with van der Waals surface area (Å²) in [6.45, 7) is 3.22. The Morgan fingerprint density at radius 2 is 2.05 bits per heavy atom. The van der Waals surface area contributed by atoms with Crippen molar-refractivity contribution in [1.29, 1.82) is 0 Å². The molecule has 3 rings (SSSR count). The maximum Gasteiger partial charge on any atom is 0.227 e. The van der Waals surface area contributed by atoms with Crippen LogP contribution in [-0.4, -0.2) is 48.9 Å². The van der Waals surface area contributed by atoms with Gasteiger partial charge in [0.1, 0.15) is 5.82 Å². The minimum Gasteiger partial charge on any atom is -0.338 e. The van der Waals surface area contributed by atoms with Crippen molar-refractivity contribution in [2.75, 3.05) is 25.4 Å². The molecular weight excluding hydrogens is 307 g/mol. The van der Waals surface area contributed by atoms with Gasteiger partial charge in [0.2, 0.25) is 15.9 Å². The van der Waals surface area contributed by atoms with Gasteiger partial charge in [-0.05, 0) is 24.6 Å². The van der Waals surface area contributed by atoms with E-state index < -0.39 is 10.0 Å². The Labute approximate surface area is 129 Å². The zero-order valence-electron chi connectivity index (χ0n) is 12.4. The lowest BCUT2D eigenvalue weighted by Crippen LogP contribution is -2.36. The maximum atomic E-state index is 13.2. The predicted molar refractivity (Wildman–Crippen MR) is 79.8 cm³/mol. The van der Waals surface area contributed by atoms with Crippen LogP contribution < -0.4 is 0 Å². The monoisotopic (exact) mass is 326 g/mol. The van der Waals surface area contributed by atoms with Crippen LogP contribution in [0.2, 0.25) is 0 Å². The number of hydrogen-bond acceptors (Lipinski definition) is 3. The first-order chi connectivity index (χ1) is 10.4. The van der Waals surface area contributed by atoms with Crippen molar-refractivity contribution in [2.45, 2.75) is 13.5 Å². The normalized spacial score (nSPS) is 25.7. The number of carbonyl (C=O) groups excluding carboxylic acids is 1. The Morgan fingerprint density at radius 3 is 2.68 bits per heavy atom. The van der Waals surface area contributed by atoms with Crippen molar-refractivity contribution in [2.24, 2.45) is 11.8 Å². The zero-order chi connectivity index (χ0) is 15.9. The molecule has 0 aromatic heterocycles. The molecule has 0 aliphatic carbocycles. The highest BCUT2D eigenvalue weighted by Crippen LogP contribution is 2.34. The van der Waals surface area contributed by atoms with E-state index in [0.717, 1.165) is 5.56 Å². The molecule has 120 valence electrons. The van der Waals surface area contributed by atoms with E-state index in [1.54, 1.807) is 24.0 Å². The summed E-state index contributed by atoms with van der Waals surface area (Å²) in [6, 6.07) is 6.21. The molecule has 2 saturated heterocycles. The molecule has 0 unspecified atom stereocenters. The lowest BCUT2D eigenvalue weighted by atomic mass is 10.0. The lowest BCUT2D eigenvalue weighted by molar-refractivity contribution is -0.131. The molecule has 2 atom stereocenters. The average molecular weight is 326 g/mol. The highest BCUT2D eigenvalue weighted by Gasteiger charge is 2.48. The smallest absolute Gasteiger partial charge is 0.227 e. The lowest BCUT2D eigenvalue weighted by Gasteiger charge is -2.21. The number of amides is 1. The van der Waals surface area contributed by atoms with Crippen molar-refractivity contribution in [3.63, 3.8) is 0 Å². The van der Waals surface area contributed by atoms with Gasteiger partial charge < -0.3 is 4.90 Å². The van der Waals surface area contributed by atoms with Crippen LogP contribution in [0.25, 0.3) is 0 Å². The molecule has 0 saturated carbocycles. The quantitative estimate of drug-likeness (QED) is 0.831. The summed E-state index contributed by atoms with van der Waals surface area (Å²) in [5.74, 6) is -0.488. The van der Waals surface area contributed by atoms with Gasteiger partial charge in [0, 0.05) is 32.1 Å². The molecule has 0 spiro atoms. The summed E-state index contributed by atoms with van der Waals surface area (Å²) in [6.07, 6.45) is 0. The van der Waals surface area contributed by atoms with Crippen LogP contribution in [0.15, 0.2) is 24.3 Å². The maximum absolute atomic E-state index is 13.2. The van der Waals surface area contributed by atoms with Gasteiger partial charge in [-0.25, -0.2) is 17.1 Å². The average Bonchev–Trinajstić information content (AvgIpc) is 3.01. The first-order valence-corrected chi connectivity index (χ1v) is 9.02. The van der Waals surface area contributed by atoms with Crippen LogP contribution in [0.5, 0.6) is 0 Å². The molecule has 1 amide bonds. The van der Waals surface area contributed by atoms with E-state index in [9.17, 15) is 17.6 Å². The SMILES string of the molecule is CCS(=O)(=O)N1C[C@H]2CN(Cc3cccc(F)c3)C(=O)[C@H]2C1. The third-order valence-electron chi connectivity index (χ3n) is 4.51. The molecular formula is C15H19FN2O3S. The number of fused-ring (bicyclic) bond motifs is 1. The van der Waals surface area contributed by atoms with Crippen molar-refractivity contribution in [1.82, 2.24) is 9.21 Å². The third-order valence-corrected chi connectivity index (χ3v) is 6.33. The van der Waals surface area contributed by atoms with Gasteiger partial charge in [0.25, 0.3) is 0 Å². The number of hydrogen-bond donors (Lipinski definition) is 0. The van der Waals surface area contributed by atoms with E-state index in [-0.39, 0.29) is 35.9 Å². The van der Waals surface area contributed by atoms with E-state index in [1.165, 1.54) is 16.4 Å². The van der Waals surface area contributed by atoms with Gasteiger partial charge >= 0.3 is 0 Å². The van der Waals surface area contributed by atoms with Gasteiger partial charge in [-0.15, -0.1) is 0 Å². The highest BCUT2D eigenvalue weighted by molar-refractivity contribution is 7.89. The Balaban J connectivity index is 1.68. The number of likely N-dealkylation sites (tertiary alicyclic amines) is 1. The number of carbonyl (C=O) groups is 1. The van der Waals surface area contributed by atoms with Gasteiger partial charge in [0.15, 0.2) is 0 Å². The summed E-state index contributed by atoms with van der Waals surface area (Å²) in [5.41, 5.74) is 0.756. The first kappa shape index (κ1) is 15.4. The summed E-state index contributed by atoms with van der Waals surface area (Å²) in [4.78, 5) is 14.2. The molecule has 2 aliphatic heterocycles. The van der Waals surface area contributed by atoms with Crippen LogP contribution >= 0.6 is 0 Å². The second kappa shape index (κ2) is 5.62. The van der Waals surface area contributed by atoms with Crippen LogP contribution in [0.4, 0.5) is 4.39 Å². The Hall–Kier alpha value is -1.47. The number of sulfonamides is 1. The summed E-state index contributed by atoms with van der Waals surface area (Å²) >= 11 is 0. The minimum atomic E-state index is -3.23. The molecule has 7 heteroatoms. The first-order valence-electron chi connectivity index (χ1n) is 7.41. The van der Waals surface area contributed by atoms with Crippen LogP contribution in [0, 0.1) is 17.7 Å². The summed E-state index contributed by atoms with van der Waals surface area (Å²) in [7, 11) is -3.23. The number of halogens is 1. The second-order valence-corrected chi connectivity index (χ2v) is 8.19. The largest absolute Gasteiger partial charge is 0.338 e. The van der Waals surface area contributed by atoms with Crippen LogP contribution in [-0.2, 0) is 21.4 Å². The minimum absolute atomic E-state index is 0.0249. The fourth-order valence-corrected chi connectivity index (χ4v) is 4.48. The molecule has 5 nitrogen and oxygen atoms in total. The van der Waals surface area contributed by atoms with Crippen molar-refractivity contribution in [3.05, 3.63) is 35.6 Å². The number of benzene rings is 1. The van der Waals surface area contributed by atoms with Crippen LogP contribution in [0.3, 0.4) is 0 Å². The fraction of sp³-hybridized carbons (Fsp3) is 0.533. The standard InChI is InChI=1S/C15H19FN2O3S/c1-2-22(20,21)18-9-12-8-17(15(19)14(12)10-18)7-11-4-3-5-13(16)6-11/h3-6,12,14H,2,7-10H2,1H3/t12-,14+/m1/s1. The van der Waals surface area contributed by atoms with Crippen molar-refractivity contribution < 1.29 is 17.6 Å². The third kappa shape index (κ3) is 2.75. The summed E-state index contributed by atoms with van der Waals surface area (Å²) in [5, 5.41) is 0. The molecule has 2 heterocycles. The van der Waals surface area contributed by atoms with Gasteiger partial charge in [0.05, 0.1) is 11.7 Å². The van der Waals surface area contributed by atoms with Crippen molar-refractivity contribution >= 4 is 15.9 Å². The van der Waals surface area contributed by atoms with Gasteiger partial charge in [-0.2, -0.15) is 0 Å². The Morgan fingerprint density at radius 1 is 1.27 bits per heavy atom. The highest BCUT2D eigenvalue weighted by atomic mass is 32.2. The van der Waals surface area contributed by atoms with E-state index in [1.807, 2.05) is 0 Å². The van der Waals surface area contributed by atoms with Gasteiger partial charge in [-0.1, -0.05) is 12.1 Å². The van der Waals surface area contributed by atoms with Crippen molar-refractivity contribution in [3.8, 4) is 0 Å². The van der Waals surface area contributed by atoms with E-state index >= 15 is 0 Å². The molecule has 0 radical (unpaired) electrons. The number of rotatable bonds is 4. The van der Waals surface area contributed by atoms with Gasteiger partial charge in [-0.3, -0.25) is 4.79 Å². The predicted octanol–water partition coefficient (Wildman–Crippen LogP) is 1.07. The van der Waals surface area contributed by atoms with E-state index in [0.29, 0.717) is 19.6 Å². The Bertz CT molecular complexity index is 692.